The Morgan fingerprint density at radius 1 is 1.69 bits per heavy atom. The van der Waals surface area contributed by atoms with E-state index in [2.05, 4.69) is 33.5 Å². The van der Waals surface area contributed by atoms with Gasteiger partial charge in [-0.1, -0.05) is 0 Å². The molecule has 1 unspecified atom stereocenters. The van der Waals surface area contributed by atoms with E-state index in [1.54, 1.807) is 17.2 Å². The lowest BCUT2D eigenvalue weighted by Crippen LogP contribution is -2.26. The first-order chi connectivity index (χ1) is 7.61. The number of halogens is 1. The maximum atomic E-state index is 11.7. The first-order valence-electron chi connectivity index (χ1n) is 4.85. The molecule has 6 heteroatoms. The predicted octanol–water partition coefficient (Wildman–Crippen LogP) is 1.37. The molecule has 2 heterocycles. The van der Waals surface area contributed by atoms with Gasteiger partial charge < -0.3 is 5.11 Å². The van der Waals surface area contributed by atoms with Gasteiger partial charge in [0, 0.05) is 34.4 Å². The average Bonchev–Trinajstić information content (AvgIpc) is 2.57. The number of amides is 1. The summed E-state index contributed by atoms with van der Waals surface area (Å²) in [4.78, 5) is 17.4. The molecule has 0 bridgehead atoms. The Labute approximate surface area is 107 Å². The van der Waals surface area contributed by atoms with Crippen molar-refractivity contribution in [1.82, 2.24) is 4.98 Å². The van der Waals surface area contributed by atoms with Gasteiger partial charge in [0.1, 0.15) is 5.82 Å². The smallest absolute Gasteiger partial charge is 0.229 e. The van der Waals surface area contributed by atoms with E-state index in [1.165, 1.54) is 0 Å². The minimum Gasteiger partial charge on any atom is -0.392 e. The Kier molecular flexibility index (Phi) is 3.51. The number of rotatable bonds is 2. The normalized spacial score (nSPS) is 20.6. The summed E-state index contributed by atoms with van der Waals surface area (Å²) in [6.45, 7) is 0.409. The number of hydrogen-bond donors (Lipinski definition) is 2. The maximum absolute atomic E-state index is 11.7. The standard InChI is InChI=1S/C10H11BrN2O2S/c11-7-1-6(5-14)10(12-3-7)13-4-8(16)2-9(13)15/h1,3,8,14,16H,2,4-5H2. The van der Waals surface area contributed by atoms with Gasteiger partial charge in [0.2, 0.25) is 5.91 Å². The van der Waals surface area contributed by atoms with Crippen LogP contribution in [0, 0.1) is 0 Å². The number of nitrogens with zero attached hydrogens (tertiary/aromatic N) is 2. The Hall–Kier alpha value is -0.590. The van der Waals surface area contributed by atoms with E-state index in [-0.39, 0.29) is 17.8 Å². The summed E-state index contributed by atoms with van der Waals surface area (Å²) in [5.41, 5.74) is 0.644. The highest BCUT2D eigenvalue weighted by Crippen LogP contribution is 2.27. The summed E-state index contributed by atoms with van der Waals surface area (Å²) >= 11 is 7.56. The number of anilines is 1. The SMILES string of the molecule is O=C1CC(S)CN1c1ncc(Br)cc1CO. The number of aliphatic hydroxyl groups is 1. The number of aliphatic hydroxyl groups excluding tert-OH is 1. The zero-order valence-electron chi connectivity index (χ0n) is 8.43. The molecule has 2 rings (SSSR count). The van der Waals surface area contributed by atoms with Gasteiger partial charge in [-0.25, -0.2) is 4.98 Å². The van der Waals surface area contributed by atoms with Crippen LogP contribution in [0.4, 0.5) is 5.82 Å². The number of carbonyl (C=O) groups is 1. The number of thiol groups is 1. The van der Waals surface area contributed by atoms with Crippen molar-refractivity contribution >= 4 is 40.3 Å². The summed E-state index contributed by atoms with van der Waals surface area (Å²) in [5, 5.41) is 9.28. The topological polar surface area (TPSA) is 53.4 Å². The van der Waals surface area contributed by atoms with Gasteiger partial charge >= 0.3 is 0 Å². The zero-order valence-corrected chi connectivity index (χ0v) is 10.9. The molecule has 0 saturated carbocycles. The molecular formula is C10H11BrN2O2S. The lowest BCUT2D eigenvalue weighted by atomic mass is 10.2. The van der Waals surface area contributed by atoms with E-state index >= 15 is 0 Å². The summed E-state index contributed by atoms with van der Waals surface area (Å²) < 4.78 is 0.786. The highest BCUT2D eigenvalue weighted by molar-refractivity contribution is 9.10. The molecule has 0 spiro atoms. The van der Waals surface area contributed by atoms with Crippen molar-refractivity contribution in [2.24, 2.45) is 0 Å². The molecule has 4 nitrogen and oxygen atoms in total. The van der Waals surface area contributed by atoms with Gasteiger partial charge in [-0.3, -0.25) is 9.69 Å². The van der Waals surface area contributed by atoms with Gasteiger partial charge in [0.05, 0.1) is 6.61 Å². The van der Waals surface area contributed by atoms with Crippen LogP contribution in [0.2, 0.25) is 0 Å². The van der Waals surface area contributed by atoms with Crippen LogP contribution in [0.1, 0.15) is 12.0 Å². The minimum atomic E-state index is -0.136. The largest absolute Gasteiger partial charge is 0.392 e. The minimum absolute atomic E-state index is 0.00419. The van der Waals surface area contributed by atoms with Crippen LogP contribution in [0.25, 0.3) is 0 Å². The number of hydrogen-bond acceptors (Lipinski definition) is 4. The molecule has 1 fully saturated rings. The van der Waals surface area contributed by atoms with E-state index in [0.717, 1.165) is 4.47 Å². The van der Waals surface area contributed by atoms with Crippen molar-refractivity contribution < 1.29 is 9.90 Å². The van der Waals surface area contributed by atoms with Crippen molar-refractivity contribution in [3.05, 3.63) is 22.3 Å². The molecule has 1 aliphatic rings. The zero-order chi connectivity index (χ0) is 11.7. The van der Waals surface area contributed by atoms with Crippen molar-refractivity contribution in [1.29, 1.82) is 0 Å². The fourth-order valence-corrected chi connectivity index (χ4v) is 2.43. The van der Waals surface area contributed by atoms with Crippen LogP contribution in [-0.4, -0.2) is 27.8 Å². The molecule has 0 aromatic carbocycles. The summed E-state index contributed by atoms with van der Waals surface area (Å²) in [7, 11) is 0. The van der Waals surface area contributed by atoms with Crippen LogP contribution in [0.3, 0.4) is 0 Å². The lowest BCUT2D eigenvalue weighted by molar-refractivity contribution is -0.117. The Morgan fingerprint density at radius 3 is 3.00 bits per heavy atom. The molecule has 1 amide bonds. The lowest BCUT2D eigenvalue weighted by Gasteiger charge is -2.17. The summed E-state index contributed by atoms with van der Waals surface area (Å²) in [5.74, 6) is 0.539. The average molecular weight is 303 g/mol. The summed E-state index contributed by atoms with van der Waals surface area (Å²) in [6.07, 6.45) is 2.04. The monoisotopic (exact) mass is 302 g/mol. The van der Waals surface area contributed by atoms with Crippen molar-refractivity contribution in [3.8, 4) is 0 Å². The molecule has 1 atom stereocenters. The highest BCUT2D eigenvalue weighted by Gasteiger charge is 2.30. The second-order valence-electron chi connectivity index (χ2n) is 3.66. The fraction of sp³-hybridized carbons (Fsp3) is 0.400. The van der Waals surface area contributed by atoms with Crippen molar-refractivity contribution in [2.75, 3.05) is 11.4 Å². The van der Waals surface area contributed by atoms with Crippen LogP contribution < -0.4 is 4.90 Å². The molecule has 1 aliphatic heterocycles. The van der Waals surface area contributed by atoms with Crippen LogP contribution in [0.5, 0.6) is 0 Å². The van der Waals surface area contributed by atoms with Crippen LogP contribution >= 0.6 is 28.6 Å². The van der Waals surface area contributed by atoms with Gasteiger partial charge in [-0.2, -0.15) is 12.6 Å². The van der Waals surface area contributed by atoms with Crippen LogP contribution in [-0.2, 0) is 11.4 Å². The predicted molar refractivity (Wildman–Crippen MR) is 67.6 cm³/mol. The van der Waals surface area contributed by atoms with Gasteiger partial charge in [-0.05, 0) is 22.0 Å². The molecule has 1 saturated heterocycles. The van der Waals surface area contributed by atoms with Crippen molar-refractivity contribution in [3.63, 3.8) is 0 Å². The van der Waals surface area contributed by atoms with Crippen molar-refractivity contribution in [2.45, 2.75) is 18.3 Å². The maximum Gasteiger partial charge on any atom is 0.229 e. The highest BCUT2D eigenvalue weighted by atomic mass is 79.9. The Bertz CT molecular complexity index is 427. The van der Waals surface area contributed by atoms with E-state index in [1.807, 2.05) is 0 Å². The third-order valence-electron chi connectivity index (χ3n) is 2.44. The number of carbonyl (C=O) groups excluding carboxylic acids is 1. The number of aromatic nitrogens is 1. The molecular weight excluding hydrogens is 292 g/mol. The molecule has 1 aromatic heterocycles. The summed E-state index contributed by atoms with van der Waals surface area (Å²) in [6, 6.07) is 1.77. The Balaban J connectivity index is 2.36. The van der Waals surface area contributed by atoms with E-state index in [9.17, 15) is 9.90 Å². The quantitative estimate of drug-likeness (QED) is 0.812. The molecule has 0 radical (unpaired) electrons. The molecule has 1 aromatic rings. The second-order valence-corrected chi connectivity index (χ2v) is 5.30. The van der Waals surface area contributed by atoms with Gasteiger partial charge in [0.15, 0.2) is 0 Å². The molecule has 0 aliphatic carbocycles. The third kappa shape index (κ3) is 2.23. The molecule has 1 N–H and O–H groups in total. The van der Waals surface area contributed by atoms with E-state index in [4.69, 9.17) is 0 Å². The molecule has 16 heavy (non-hydrogen) atoms. The fourth-order valence-electron chi connectivity index (χ4n) is 1.73. The van der Waals surface area contributed by atoms with Gasteiger partial charge in [-0.15, -0.1) is 0 Å². The first-order valence-corrected chi connectivity index (χ1v) is 6.16. The second kappa shape index (κ2) is 4.73. The van der Waals surface area contributed by atoms with Crippen LogP contribution in [0.15, 0.2) is 16.7 Å². The molecule has 86 valence electrons. The first kappa shape index (κ1) is 11.9. The van der Waals surface area contributed by atoms with E-state index in [0.29, 0.717) is 24.3 Å². The van der Waals surface area contributed by atoms with E-state index < -0.39 is 0 Å². The third-order valence-corrected chi connectivity index (χ3v) is 3.22. The number of pyridine rings is 1. The Morgan fingerprint density at radius 2 is 2.44 bits per heavy atom. The van der Waals surface area contributed by atoms with Gasteiger partial charge in [0.25, 0.3) is 0 Å².